The Bertz CT molecular complexity index is 1330. The molecule has 37 heavy (non-hydrogen) atoms. The van der Waals surface area contributed by atoms with Gasteiger partial charge in [-0.25, -0.2) is 8.78 Å². The first-order valence-corrected chi connectivity index (χ1v) is 12.3. The van der Waals surface area contributed by atoms with E-state index >= 15 is 0 Å². The van der Waals surface area contributed by atoms with E-state index < -0.39 is 6.10 Å². The van der Waals surface area contributed by atoms with Gasteiger partial charge in [-0.05, 0) is 78.1 Å². The Morgan fingerprint density at radius 2 is 1.43 bits per heavy atom. The molecule has 4 aromatic rings. The molecule has 0 bridgehead atoms. The maximum absolute atomic E-state index is 13.5. The van der Waals surface area contributed by atoms with Gasteiger partial charge in [0.05, 0.1) is 18.1 Å². The number of hydrogen-bond donors (Lipinski definition) is 1. The highest BCUT2D eigenvalue weighted by Gasteiger charge is 2.48. The van der Waals surface area contributed by atoms with Crippen molar-refractivity contribution in [3.8, 4) is 5.75 Å². The molecule has 0 radical (unpaired) electrons. The molecule has 0 aromatic heterocycles. The molecule has 1 aliphatic rings. The highest BCUT2D eigenvalue weighted by atomic mass is 19.1. The minimum absolute atomic E-state index is 0.0766. The van der Waals surface area contributed by atoms with Gasteiger partial charge in [0.15, 0.2) is 0 Å². The second kappa shape index (κ2) is 10.9. The van der Waals surface area contributed by atoms with Crippen LogP contribution in [0, 0.1) is 17.6 Å². The molecule has 0 spiro atoms. The fraction of sp³-hybridized carbons (Fsp3) is 0.194. The van der Waals surface area contributed by atoms with Crippen LogP contribution in [0.4, 0.5) is 14.5 Å². The van der Waals surface area contributed by atoms with E-state index in [4.69, 9.17) is 4.74 Å². The summed E-state index contributed by atoms with van der Waals surface area (Å²) in [5.74, 6) is -0.443. The van der Waals surface area contributed by atoms with Gasteiger partial charge in [0, 0.05) is 5.69 Å². The largest absolute Gasteiger partial charge is 0.489 e. The van der Waals surface area contributed by atoms with Crippen LogP contribution >= 0.6 is 0 Å². The lowest BCUT2D eigenvalue weighted by atomic mass is 9.78. The van der Waals surface area contributed by atoms with Crippen molar-refractivity contribution in [2.45, 2.75) is 31.6 Å². The lowest BCUT2D eigenvalue weighted by molar-refractivity contribution is -0.131. The number of aliphatic hydroxyl groups excluding tert-OH is 1. The van der Waals surface area contributed by atoms with E-state index in [1.54, 1.807) is 29.2 Å². The van der Waals surface area contributed by atoms with Crippen molar-refractivity contribution in [2.75, 3.05) is 4.90 Å². The number of ether oxygens (including phenoxy) is 1. The Morgan fingerprint density at radius 3 is 2.08 bits per heavy atom. The van der Waals surface area contributed by atoms with E-state index in [-0.39, 0.29) is 29.5 Å². The monoisotopic (exact) mass is 499 g/mol. The number of rotatable bonds is 9. The first-order chi connectivity index (χ1) is 18.0. The molecular formula is C31H27F2NO3. The van der Waals surface area contributed by atoms with Gasteiger partial charge in [-0.2, -0.15) is 0 Å². The quantitative estimate of drug-likeness (QED) is 0.259. The highest BCUT2D eigenvalue weighted by molar-refractivity contribution is 6.03. The predicted octanol–water partition coefficient (Wildman–Crippen LogP) is 6.76. The van der Waals surface area contributed by atoms with Gasteiger partial charge in [0.2, 0.25) is 5.91 Å². The van der Waals surface area contributed by atoms with Crippen LogP contribution in [0.15, 0.2) is 103 Å². The predicted molar refractivity (Wildman–Crippen MR) is 138 cm³/mol. The molecule has 5 rings (SSSR count). The van der Waals surface area contributed by atoms with Gasteiger partial charge < -0.3 is 14.7 Å². The second-order valence-electron chi connectivity index (χ2n) is 9.22. The van der Waals surface area contributed by atoms with Crippen LogP contribution in [0.25, 0.3) is 0 Å². The third-order valence-corrected chi connectivity index (χ3v) is 6.79. The van der Waals surface area contributed by atoms with E-state index in [1.807, 2.05) is 54.6 Å². The Kier molecular flexibility index (Phi) is 7.28. The van der Waals surface area contributed by atoms with Gasteiger partial charge in [-0.3, -0.25) is 4.79 Å². The third-order valence-electron chi connectivity index (χ3n) is 6.79. The number of carbonyl (C=O) groups excluding carboxylic acids is 1. The molecule has 1 aliphatic heterocycles. The van der Waals surface area contributed by atoms with Crippen molar-refractivity contribution in [3.63, 3.8) is 0 Å². The van der Waals surface area contributed by atoms with E-state index in [1.165, 1.54) is 24.3 Å². The van der Waals surface area contributed by atoms with Crippen molar-refractivity contribution in [1.82, 2.24) is 0 Å². The molecule has 1 amide bonds. The highest BCUT2D eigenvalue weighted by Crippen LogP contribution is 2.46. The van der Waals surface area contributed by atoms with Gasteiger partial charge in [0.25, 0.3) is 0 Å². The molecule has 4 nitrogen and oxygen atoms in total. The average Bonchev–Trinajstić information content (AvgIpc) is 2.93. The molecule has 0 saturated carbocycles. The average molecular weight is 500 g/mol. The van der Waals surface area contributed by atoms with Gasteiger partial charge in [-0.15, -0.1) is 0 Å². The van der Waals surface area contributed by atoms with Crippen LogP contribution < -0.4 is 9.64 Å². The van der Waals surface area contributed by atoms with Crippen LogP contribution in [-0.4, -0.2) is 11.0 Å². The lowest BCUT2D eigenvalue weighted by Gasteiger charge is -2.48. The topological polar surface area (TPSA) is 49.8 Å². The van der Waals surface area contributed by atoms with Crippen molar-refractivity contribution < 1.29 is 23.4 Å². The van der Waals surface area contributed by atoms with Gasteiger partial charge >= 0.3 is 0 Å². The van der Waals surface area contributed by atoms with Crippen LogP contribution in [0.5, 0.6) is 5.75 Å². The minimum atomic E-state index is -0.803. The molecule has 1 saturated heterocycles. The summed E-state index contributed by atoms with van der Waals surface area (Å²) in [6.07, 6.45) is 0.00255. The van der Waals surface area contributed by atoms with Gasteiger partial charge in [0.1, 0.15) is 24.0 Å². The Balaban J connectivity index is 1.32. The summed E-state index contributed by atoms with van der Waals surface area (Å²) in [6.45, 7) is 0.452. The summed E-state index contributed by atoms with van der Waals surface area (Å²) in [7, 11) is 0. The van der Waals surface area contributed by atoms with Gasteiger partial charge in [-0.1, -0.05) is 54.6 Å². The Labute approximate surface area is 214 Å². The molecule has 6 heteroatoms. The first kappa shape index (κ1) is 24.7. The van der Waals surface area contributed by atoms with E-state index in [9.17, 15) is 18.7 Å². The number of amides is 1. The summed E-state index contributed by atoms with van der Waals surface area (Å²) < 4.78 is 32.7. The maximum atomic E-state index is 13.5. The van der Waals surface area contributed by atoms with E-state index in [2.05, 4.69) is 0 Å². The Morgan fingerprint density at radius 1 is 0.811 bits per heavy atom. The molecule has 3 unspecified atom stereocenters. The van der Waals surface area contributed by atoms with Crippen LogP contribution in [0.1, 0.15) is 41.7 Å². The maximum Gasteiger partial charge on any atom is 0.233 e. The SMILES string of the molecule is O=C1C(CCC(O)c2ccc(F)cc2)C(c2ccc(OCc3ccccc3)cc2)N1c1ccc(F)cc1. The second-order valence-corrected chi connectivity index (χ2v) is 9.22. The number of benzene rings is 4. The third kappa shape index (κ3) is 5.54. The first-order valence-electron chi connectivity index (χ1n) is 12.3. The number of aliphatic hydroxyl groups is 1. The summed E-state index contributed by atoms with van der Waals surface area (Å²) in [6, 6.07) is 28.9. The fourth-order valence-electron chi connectivity index (χ4n) is 4.79. The summed E-state index contributed by atoms with van der Waals surface area (Å²) in [5, 5.41) is 10.6. The molecule has 3 atom stereocenters. The number of anilines is 1. The van der Waals surface area contributed by atoms with Crippen molar-refractivity contribution in [3.05, 3.63) is 131 Å². The summed E-state index contributed by atoms with van der Waals surface area (Å²) in [5.41, 5.74) is 3.23. The molecule has 4 aromatic carbocycles. The molecule has 188 valence electrons. The smallest absolute Gasteiger partial charge is 0.233 e. The molecular weight excluding hydrogens is 472 g/mol. The minimum Gasteiger partial charge on any atom is -0.489 e. The lowest BCUT2D eigenvalue weighted by Crippen LogP contribution is -2.55. The number of β-lactam (4-membered cyclic amide) rings is 1. The van der Waals surface area contributed by atoms with Crippen LogP contribution in [0.2, 0.25) is 0 Å². The molecule has 1 N–H and O–H groups in total. The molecule has 0 aliphatic carbocycles. The van der Waals surface area contributed by atoms with E-state index in [0.717, 1.165) is 16.9 Å². The summed E-state index contributed by atoms with van der Waals surface area (Å²) in [4.78, 5) is 14.9. The zero-order valence-electron chi connectivity index (χ0n) is 20.1. The summed E-state index contributed by atoms with van der Waals surface area (Å²) >= 11 is 0. The zero-order valence-corrected chi connectivity index (χ0v) is 20.1. The van der Waals surface area contributed by atoms with Crippen molar-refractivity contribution in [1.29, 1.82) is 0 Å². The normalized spacial score (nSPS) is 17.8. The fourth-order valence-corrected chi connectivity index (χ4v) is 4.79. The zero-order chi connectivity index (χ0) is 25.8. The number of nitrogens with zero attached hydrogens (tertiary/aromatic N) is 1. The standard InChI is InChI=1S/C31H27F2NO3/c32-24-10-6-22(7-11-24)29(35)19-18-28-30(34(31(28)36)26-14-12-25(33)13-15-26)23-8-16-27(17-9-23)37-20-21-4-2-1-3-5-21/h1-17,28-30,35H,18-20H2. The number of carbonyl (C=O) groups is 1. The molecule has 1 fully saturated rings. The Hall–Kier alpha value is -4.03. The van der Waals surface area contributed by atoms with Crippen molar-refractivity contribution >= 4 is 11.6 Å². The van der Waals surface area contributed by atoms with Crippen LogP contribution in [-0.2, 0) is 11.4 Å². The number of hydrogen-bond acceptors (Lipinski definition) is 3. The van der Waals surface area contributed by atoms with E-state index in [0.29, 0.717) is 30.7 Å². The number of halogens is 2. The van der Waals surface area contributed by atoms with Crippen LogP contribution in [0.3, 0.4) is 0 Å². The van der Waals surface area contributed by atoms with Crippen molar-refractivity contribution in [2.24, 2.45) is 5.92 Å². The molecule has 1 heterocycles.